The van der Waals surface area contributed by atoms with Crippen LogP contribution in [0.2, 0.25) is 0 Å². The highest BCUT2D eigenvalue weighted by molar-refractivity contribution is 5.85. The van der Waals surface area contributed by atoms with Crippen LogP contribution in [0.1, 0.15) is 25.1 Å². The molecule has 0 bridgehead atoms. The molecule has 0 saturated heterocycles. The summed E-state index contributed by atoms with van der Waals surface area (Å²) in [5, 5.41) is 1.09. The van der Waals surface area contributed by atoms with Gasteiger partial charge in [0.2, 0.25) is 0 Å². The van der Waals surface area contributed by atoms with Gasteiger partial charge in [0.1, 0.15) is 11.5 Å². The van der Waals surface area contributed by atoms with Crippen LogP contribution in [0.25, 0.3) is 10.9 Å². The third kappa shape index (κ3) is 2.50. The van der Waals surface area contributed by atoms with Crippen LogP contribution < -0.4 is 0 Å². The number of H-pyrrole nitrogens is 1. The number of hydrogen-bond donors (Lipinski definition) is 1. The van der Waals surface area contributed by atoms with Gasteiger partial charge in [0, 0.05) is 36.2 Å². The lowest BCUT2D eigenvalue weighted by Crippen LogP contribution is -2.39. The predicted molar refractivity (Wildman–Crippen MR) is 72.4 cm³/mol. The fourth-order valence-electron chi connectivity index (χ4n) is 2.94. The molecule has 2 aromatic rings. The standard InChI is InChI=1S/C15H18F2N2/c1-15(2,17)9-19-6-5-12-11-4-3-10(16)7-13(11)18-14(12)8-19/h3-4,7,18H,5-6,8-9H2,1-2H3. The van der Waals surface area contributed by atoms with E-state index in [1.54, 1.807) is 13.8 Å². The van der Waals surface area contributed by atoms with Crippen LogP contribution in [0.4, 0.5) is 8.78 Å². The van der Waals surface area contributed by atoms with Gasteiger partial charge in [0.25, 0.3) is 0 Å². The largest absolute Gasteiger partial charge is 0.357 e. The molecule has 0 atom stereocenters. The first-order chi connectivity index (χ1) is 8.92. The second-order valence-corrected chi connectivity index (χ2v) is 5.95. The summed E-state index contributed by atoms with van der Waals surface area (Å²) < 4.78 is 26.9. The molecule has 1 aromatic carbocycles. The van der Waals surface area contributed by atoms with Crippen molar-refractivity contribution < 1.29 is 8.78 Å². The molecule has 1 aliphatic rings. The minimum absolute atomic E-state index is 0.229. The van der Waals surface area contributed by atoms with E-state index in [-0.39, 0.29) is 5.82 Å². The lowest BCUT2D eigenvalue weighted by Gasteiger charge is -2.30. The van der Waals surface area contributed by atoms with Crippen LogP contribution in [0.5, 0.6) is 0 Å². The summed E-state index contributed by atoms with van der Waals surface area (Å²) in [4.78, 5) is 5.37. The van der Waals surface area contributed by atoms with Crippen molar-refractivity contribution in [2.75, 3.05) is 13.1 Å². The zero-order valence-corrected chi connectivity index (χ0v) is 11.3. The number of aromatic nitrogens is 1. The predicted octanol–water partition coefficient (Wildman–Crippen LogP) is 3.41. The van der Waals surface area contributed by atoms with Gasteiger partial charge in [-0.3, -0.25) is 4.90 Å². The van der Waals surface area contributed by atoms with E-state index in [0.29, 0.717) is 13.1 Å². The molecule has 0 fully saturated rings. The summed E-state index contributed by atoms with van der Waals surface area (Å²) in [5.74, 6) is -0.229. The first-order valence-corrected chi connectivity index (χ1v) is 6.63. The number of nitrogens with zero attached hydrogens (tertiary/aromatic N) is 1. The summed E-state index contributed by atoms with van der Waals surface area (Å²) in [5.41, 5.74) is 2.00. The number of aromatic amines is 1. The number of halogens is 2. The molecule has 102 valence electrons. The molecule has 0 spiro atoms. The Bertz CT molecular complexity index is 610. The van der Waals surface area contributed by atoms with Gasteiger partial charge >= 0.3 is 0 Å². The molecule has 0 aliphatic carbocycles. The van der Waals surface area contributed by atoms with Gasteiger partial charge in [-0.25, -0.2) is 8.78 Å². The highest BCUT2D eigenvalue weighted by Gasteiger charge is 2.25. The van der Waals surface area contributed by atoms with Crippen LogP contribution in [-0.2, 0) is 13.0 Å². The third-order valence-corrected chi connectivity index (χ3v) is 3.62. The van der Waals surface area contributed by atoms with Crippen molar-refractivity contribution in [3.63, 3.8) is 0 Å². The monoisotopic (exact) mass is 264 g/mol. The topological polar surface area (TPSA) is 19.0 Å². The number of benzene rings is 1. The Labute approximate surface area is 111 Å². The maximum Gasteiger partial charge on any atom is 0.125 e. The Morgan fingerprint density at radius 1 is 1.37 bits per heavy atom. The molecule has 1 aliphatic heterocycles. The van der Waals surface area contributed by atoms with Crippen molar-refractivity contribution in [2.24, 2.45) is 0 Å². The Balaban J connectivity index is 1.91. The summed E-state index contributed by atoms with van der Waals surface area (Å²) in [7, 11) is 0. The molecule has 2 heterocycles. The summed E-state index contributed by atoms with van der Waals surface area (Å²) >= 11 is 0. The van der Waals surface area contributed by atoms with E-state index in [4.69, 9.17) is 0 Å². The average molecular weight is 264 g/mol. The summed E-state index contributed by atoms with van der Waals surface area (Å²) in [6, 6.07) is 4.85. The smallest absolute Gasteiger partial charge is 0.125 e. The molecule has 0 saturated carbocycles. The molecule has 0 radical (unpaired) electrons. The minimum atomic E-state index is -1.18. The normalized spacial score (nSPS) is 16.8. The first-order valence-electron chi connectivity index (χ1n) is 6.63. The van der Waals surface area contributed by atoms with E-state index >= 15 is 0 Å². The molecule has 1 N–H and O–H groups in total. The van der Waals surface area contributed by atoms with Gasteiger partial charge in [-0.15, -0.1) is 0 Å². The number of nitrogens with one attached hydrogen (secondary N) is 1. The van der Waals surface area contributed by atoms with Crippen LogP contribution in [0, 0.1) is 5.82 Å². The molecular weight excluding hydrogens is 246 g/mol. The second-order valence-electron chi connectivity index (χ2n) is 5.95. The lowest BCUT2D eigenvalue weighted by atomic mass is 10.0. The molecule has 0 amide bonds. The van der Waals surface area contributed by atoms with E-state index < -0.39 is 5.67 Å². The number of alkyl halides is 1. The molecule has 4 heteroatoms. The van der Waals surface area contributed by atoms with Crippen molar-refractivity contribution in [3.05, 3.63) is 35.3 Å². The Morgan fingerprint density at radius 3 is 2.89 bits per heavy atom. The van der Waals surface area contributed by atoms with Crippen LogP contribution >= 0.6 is 0 Å². The van der Waals surface area contributed by atoms with Gasteiger partial charge in [-0.05, 0) is 44.0 Å². The van der Waals surface area contributed by atoms with Crippen molar-refractivity contribution in [2.45, 2.75) is 32.5 Å². The minimum Gasteiger partial charge on any atom is -0.357 e. The highest BCUT2D eigenvalue weighted by atomic mass is 19.1. The Kier molecular flexibility index (Phi) is 2.86. The summed E-state index contributed by atoms with van der Waals surface area (Å²) in [6.45, 7) is 5.19. The van der Waals surface area contributed by atoms with Gasteiger partial charge in [0.05, 0.1) is 0 Å². The van der Waals surface area contributed by atoms with E-state index in [1.807, 2.05) is 6.07 Å². The van der Waals surface area contributed by atoms with Crippen molar-refractivity contribution in [1.82, 2.24) is 9.88 Å². The van der Waals surface area contributed by atoms with Gasteiger partial charge in [-0.2, -0.15) is 0 Å². The van der Waals surface area contributed by atoms with Crippen LogP contribution in [0.3, 0.4) is 0 Å². The van der Waals surface area contributed by atoms with E-state index in [0.717, 1.165) is 29.6 Å². The molecular formula is C15H18F2N2. The molecule has 2 nitrogen and oxygen atoms in total. The third-order valence-electron chi connectivity index (χ3n) is 3.62. The first kappa shape index (κ1) is 12.6. The van der Waals surface area contributed by atoms with E-state index in [2.05, 4.69) is 9.88 Å². The summed E-state index contributed by atoms with van der Waals surface area (Å²) in [6.07, 6.45) is 0.886. The van der Waals surface area contributed by atoms with Crippen LogP contribution in [0.15, 0.2) is 18.2 Å². The van der Waals surface area contributed by atoms with Crippen molar-refractivity contribution in [1.29, 1.82) is 0 Å². The zero-order chi connectivity index (χ0) is 13.6. The van der Waals surface area contributed by atoms with E-state index in [9.17, 15) is 8.78 Å². The Hall–Kier alpha value is -1.42. The van der Waals surface area contributed by atoms with Gasteiger partial charge < -0.3 is 4.98 Å². The number of rotatable bonds is 2. The molecule has 3 rings (SSSR count). The maximum absolute atomic E-state index is 13.7. The fourth-order valence-corrected chi connectivity index (χ4v) is 2.94. The van der Waals surface area contributed by atoms with Crippen LogP contribution in [-0.4, -0.2) is 28.6 Å². The van der Waals surface area contributed by atoms with Crippen molar-refractivity contribution >= 4 is 10.9 Å². The quantitative estimate of drug-likeness (QED) is 0.880. The molecule has 1 aromatic heterocycles. The second kappa shape index (κ2) is 4.30. The Morgan fingerprint density at radius 2 is 2.16 bits per heavy atom. The number of fused-ring (bicyclic) bond motifs is 3. The fraction of sp³-hybridized carbons (Fsp3) is 0.467. The highest BCUT2D eigenvalue weighted by Crippen LogP contribution is 2.28. The van der Waals surface area contributed by atoms with Crippen molar-refractivity contribution in [3.8, 4) is 0 Å². The van der Waals surface area contributed by atoms with Gasteiger partial charge in [-0.1, -0.05) is 0 Å². The number of hydrogen-bond acceptors (Lipinski definition) is 1. The maximum atomic E-state index is 13.7. The lowest BCUT2D eigenvalue weighted by molar-refractivity contribution is 0.116. The molecule has 19 heavy (non-hydrogen) atoms. The van der Waals surface area contributed by atoms with E-state index in [1.165, 1.54) is 17.7 Å². The van der Waals surface area contributed by atoms with Gasteiger partial charge in [0.15, 0.2) is 0 Å². The molecule has 0 unspecified atom stereocenters. The average Bonchev–Trinajstić information content (AvgIpc) is 2.62. The zero-order valence-electron chi connectivity index (χ0n) is 11.3. The SMILES string of the molecule is CC(C)(F)CN1CCc2c([nH]c3cc(F)ccc23)C1.